The Balaban J connectivity index is 1.74. The number of nitrogens with one attached hydrogen (secondary N) is 1. The fourth-order valence-electron chi connectivity index (χ4n) is 3.66. The average molecular weight is 447 g/mol. The summed E-state index contributed by atoms with van der Waals surface area (Å²) in [6.07, 6.45) is 1.66. The van der Waals surface area contributed by atoms with Crippen molar-refractivity contribution in [2.75, 3.05) is 12.0 Å². The number of hydrogen-bond acceptors (Lipinski definition) is 6. The van der Waals surface area contributed by atoms with Gasteiger partial charge >= 0.3 is 5.69 Å². The third-order valence-corrected chi connectivity index (χ3v) is 5.34. The van der Waals surface area contributed by atoms with Gasteiger partial charge in [0, 0.05) is 14.1 Å². The molecule has 0 bridgehead atoms. The van der Waals surface area contributed by atoms with E-state index in [2.05, 4.69) is 15.5 Å². The second-order valence-corrected chi connectivity index (χ2v) is 7.76. The lowest BCUT2D eigenvalue weighted by atomic mass is 10.1. The number of imidazole rings is 1. The van der Waals surface area contributed by atoms with Crippen molar-refractivity contribution >= 4 is 23.3 Å². The lowest BCUT2D eigenvalue weighted by Crippen LogP contribution is -2.37. The first-order valence-electron chi connectivity index (χ1n) is 10.6. The van der Waals surface area contributed by atoms with Crippen LogP contribution in [0, 0.1) is 6.92 Å². The van der Waals surface area contributed by atoms with Crippen LogP contribution in [0.2, 0.25) is 0 Å². The van der Waals surface area contributed by atoms with Crippen LogP contribution in [0.1, 0.15) is 23.6 Å². The number of hydrogen-bond donors (Lipinski definition) is 1. The maximum absolute atomic E-state index is 13.0. The van der Waals surface area contributed by atoms with Crippen molar-refractivity contribution in [1.82, 2.24) is 18.7 Å². The highest BCUT2D eigenvalue weighted by atomic mass is 16.5. The summed E-state index contributed by atoms with van der Waals surface area (Å²) in [5.41, 5.74) is 5.73. The Kier molecular flexibility index (Phi) is 6.12. The number of fused-ring (bicyclic) bond motifs is 1. The van der Waals surface area contributed by atoms with Crippen molar-refractivity contribution in [3.05, 3.63) is 86.1 Å². The number of aryl methyl sites for hydroxylation is 2. The van der Waals surface area contributed by atoms with Crippen molar-refractivity contribution in [2.24, 2.45) is 19.2 Å². The molecular weight excluding hydrogens is 420 g/mol. The average Bonchev–Trinajstić information content (AvgIpc) is 3.16. The van der Waals surface area contributed by atoms with Gasteiger partial charge in [-0.05, 0) is 49.2 Å². The van der Waals surface area contributed by atoms with Gasteiger partial charge in [0.15, 0.2) is 11.2 Å². The van der Waals surface area contributed by atoms with Crippen molar-refractivity contribution in [1.29, 1.82) is 0 Å². The molecule has 0 aliphatic carbocycles. The van der Waals surface area contributed by atoms with Crippen LogP contribution in [0.5, 0.6) is 5.75 Å². The fourth-order valence-corrected chi connectivity index (χ4v) is 3.66. The number of aromatic nitrogens is 4. The fraction of sp³-hybridized carbons (Fsp3) is 0.250. The molecule has 2 heterocycles. The van der Waals surface area contributed by atoms with E-state index >= 15 is 0 Å². The van der Waals surface area contributed by atoms with Gasteiger partial charge < -0.3 is 4.74 Å². The van der Waals surface area contributed by atoms with Gasteiger partial charge in [0.2, 0.25) is 5.95 Å². The van der Waals surface area contributed by atoms with E-state index in [1.807, 2.05) is 62.4 Å². The number of rotatable bonds is 7. The van der Waals surface area contributed by atoms with Gasteiger partial charge in [-0.25, -0.2) is 10.2 Å². The predicted octanol–water partition coefficient (Wildman–Crippen LogP) is 2.64. The van der Waals surface area contributed by atoms with E-state index in [1.54, 1.807) is 17.8 Å². The molecule has 0 radical (unpaired) electrons. The minimum absolute atomic E-state index is 0.300. The zero-order valence-electron chi connectivity index (χ0n) is 19.1. The first-order chi connectivity index (χ1) is 15.9. The number of anilines is 1. The smallest absolute Gasteiger partial charge is 0.332 e. The van der Waals surface area contributed by atoms with Crippen LogP contribution in [-0.4, -0.2) is 31.5 Å². The Hall–Kier alpha value is -4.14. The first kappa shape index (κ1) is 22.1. The first-order valence-corrected chi connectivity index (χ1v) is 10.6. The Labute approximate surface area is 190 Å². The monoisotopic (exact) mass is 446 g/mol. The van der Waals surface area contributed by atoms with Crippen LogP contribution in [-0.2, 0) is 20.6 Å². The molecule has 4 rings (SSSR count). The Bertz CT molecular complexity index is 1440. The number of nitrogens with zero attached hydrogens (tertiary/aromatic N) is 5. The normalized spacial score (nSPS) is 11.4. The molecule has 4 aromatic rings. The molecule has 0 aliphatic heterocycles. The second-order valence-electron chi connectivity index (χ2n) is 7.76. The molecule has 170 valence electrons. The van der Waals surface area contributed by atoms with E-state index in [0.29, 0.717) is 30.3 Å². The SMILES string of the molecule is CCOc1ccc(/C=N\Nc2nc3c(c(=O)n(C)c(=O)n3C)n2Cc2cccc(C)c2)cc1. The van der Waals surface area contributed by atoms with Gasteiger partial charge in [-0.3, -0.25) is 18.5 Å². The van der Waals surface area contributed by atoms with E-state index in [1.165, 1.54) is 11.6 Å². The zero-order chi connectivity index (χ0) is 23.5. The molecule has 0 saturated carbocycles. The summed E-state index contributed by atoms with van der Waals surface area (Å²) >= 11 is 0. The van der Waals surface area contributed by atoms with Gasteiger partial charge in [0.25, 0.3) is 5.56 Å². The molecule has 0 unspecified atom stereocenters. The Morgan fingerprint density at radius 1 is 1.09 bits per heavy atom. The summed E-state index contributed by atoms with van der Waals surface area (Å²) < 4.78 is 9.66. The summed E-state index contributed by atoms with van der Waals surface area (Å²) in [6, 6.07) is 15.5. The summed E-state index contributed by atoms with van der Waals surface area (Å²) in [5, 5.41) is 4.31. The van der Waals surface area contributed by atoms with Crippen LogP contribution in [0.4, 0.5) is 5.95 Å². The minimum atomic E-state index is -0.433. The maximum atomic E-state index is 13.0. The number of ether oxygens (including phenoxy) is 1. The Morgan fingerprint density at radius 3 is 2.55 bits per heavy atom. The zero-order valence-corrected chi connectivity index (χ0v) is 19.1. The molecule has 0 spiro atoms. The summed E-state index contributed by atoms with van der Waals surface area (Å²) in [5.74, 6) is 1.16. The van der Waals surface area contributed by atoms with Crippen LogP contribution in [0.25, 0.3) is 11.2 Å². The van der Waals surface area contributed by atoms with Crippen LogP contribution in [0.15, 0.2) is 63.2 Å². The van der Waals surface area contributed by atoms with Crippen LogP contribution >= 0.6 is 0 Å². The number of benzene rings is 2. The molecule has 33 heavy (non-hydrogen) atoms. The largest absolute Gasteiger partial charge is 0.494 e. The highest BCUT2D eigenvalue weighted by molar-refractivity contribution is 5.80. The van der Waals surface area contributed by atoms with Crippen LogP contribution in [0.3, 0.4) is 0 Å². The lowest BCUT2D eigenvalue weighted by molar-refractivity contribution is 0.340. The van der Waals surface area contributed by atoms with Crippen molar-refractivity contribution in [3.8, 4) is 5.75 Å². The lowest BCUT2D eigenvalue weighted by Gasteiger charge is -2.10. The molecule has 0 atom stereocenters. The molecule has 2 aromatic carbocycles. The summed E-state index contributed by atoms with van der Waals surface area (Å²) in [7, 11) is 3.06. The number of hydrazone groups is 1. The van der Waals surface area contributed by atoms with Gasteiger partial charge in [0.1, 0.15) is 5.75 Å². The molecule has 0 fully saturated rings. The Morgan fingerprint density at radius 2 is 1.85 bits per heavy atom. The second kappa shape index (κ2) is 9.15. The highest BCUT2D eigenvalue weighted by Gasteiger charge is 2.19. The van der Waals surface area contributed by atoms with E-state index in [4.69, 9.17) is 4.74 Å². The van der Waals surface area contributed by atoms with Crippen molar-refractivity contribution in [2.45, 2.75) is 20.4 Å². The van der Waals surface area contributed by atoms with E-state index < -0.39 is 11.2 Å². The third kappa shape index (κ3) is 4.43. The van der Waals surface area contributed by atoms with Gasteiger partial charge in [0.05, 0.1) is 19.4 Å². The quantitative estimate of drug-likeness (QED) is 0.348. The van der Waals surface area contributed by atoms with Crippen molar-refractivity contribution < 1.29 is 4.74 Å². The molecule has 9 nitrogen and oxygen atoms in total. The minimum Gasteiger partial charge on any atom is -0.494 e. The van der Waals surface area contributed by atoms with E-state index in [-0.39, 0.29) is 0 Å². The summed E-state index contributed by atoms with van der Waals surface area (Å²) in [4.78, 5) is 29.9. The van der Waals surface area contributed by atoms with Gasteiger partial charge in [-0.1, -0.05) is 29.8 Å². The van der Waals surface area contributed by atoms with Crippen LogP contribution < -0.4 is 21.4 Å². The van der Waals surface area contributed by atoms with Gasteiger partial charge in [-0.15, -0.1) is 0 Å². The van der Waals surface area contributed by atoms with Crippen molar-refractivity contribution in [3.63, 3.8) is 0 Å². The topological polar surface area (TPSA) is 95.4 Å². The third-order valence-electron chi connectivity index (χ3n) is 5.34. The molecular formula is C24H26N6O3. The standard InChI is InChI=1S/C24H26N6O3/c1-5-33-19-11-9-17(10-12-19)14-25-27-23-26-21-20(22(31)29(4)24(32)28(21)3)30(23)15-18-8-6-7-16(2)13-18/h6-14H,5,15H2,1-4H3,(H,26,27)/b25-14-. The maximum Gasteiger partial charge on any atom is 0.332 e. The molecule has 9 heteroatoms. The molecule has 1 N–H and O–H groups in total. The summed E-state index contributed by atoms with van der Waals surface area (Å²) in [6.45, 7) is 4.95. The van der Waals surface area contributed by atoms with Gasteiger partial charge in [-0.2, -0.15) is 10.1 Å². The molecule has 2 aromatic heterocycles. The van der Waals surface area contributed by atoms with E-state index in [0.717, 1.165) is 27.0 Å². The molecule has 0 saturated heterocycles. The highest BCUT2D eigenvalue weighted by Crippen LogP contribution is 2.19. The van der Waals surface area contributed by atoms with E-state index in [9.17, 15) is 9.59 Å². The molecule has 0 amide bonds. The molecule has 0 aliphatic rings. The predicted molar refractivity (Wildman–Crippen MR) is 129 cm³/mol.